The van der Waals surface area contributed by atoms with Gasteiger partial charge in [0, 0.05) is 7.05 Å². The van der Waals surface area contributed by atoms with E-state index in [9.17, 15) is 13.2 Å². The Balaban J connectivity index is 2.66. The monoisotopic (exact) mass is 228 g/mol. The molecule has 5 heteroatoms. The highest BCUT2D eigenvalue weighted by atomic mass is 19.4. The zero-order valence-electron chi connectivity index (χ0n) is 8.97. The fraction of sp³-hybridized carbons (Fsp3) is 0.364. The molecule has 0 atom stereocenters. The van der Waals surface area contributed by atoms with Gasteiger partial charge in [-0.15, -0.1) is 0 Å². The average Bonchev–Trinajstić information content (AvgIpc) is 2.40. The molecule has 0 radical (unpaired) electrons. The number of hydrogen-bond donors (Lipinski definition) is 0. The van der Waals surface area contributed by atoms with Gasteiger partial charge in [0.1, 0.15) is 5.82 Å². The van der Waals surface area contributed by atoms with E-state index >= 15 is 0 Å². The van der Waals surface area contributed by atoms with Crippen LogP contribution in [0.15, 0.2) is 11.6 Å². The minimum absolute atomic E-state index is 0.275. The highest BCUT2D eigenvalue weighted by Crippen LogP contribution is 2.27. The molecule has 0 aromatic carbocycles. The van der Waals surface area contributed by atoms with Crippen LogP contribution in [0, 0.1) is 6.92 Å². The van der Waals surface area contributed by atoms with E-state index in [0.29, 0.717) is 11.2 Å². The molecule has 0 N–H and O–H groups in total. The third kappa shape index (κ3) is 1.77. The summed E-state index contributed by atoms with van der Waals surface area (Å²) < 4.78 is 39.5. The van der Waals surface area contributed by atoms with E-state index in [4.69, 9.17) is 0 Å². The molecule has 1 heterocycles. The lowest BCUT2D eigenvalue weighted by Gasteiger charge is -2.05. The first-order valence-corrected chi connectivity index (χ1v) is 4.88. The molecule has 1 aliphatic carbocycles. The quantitative estimate of drug-likeness (QED) is 0.652. The first-order chi connectivity index (χ1) is 7.39. The van der Waals surface area contributed by atoms with Gasteiger partial charge in [-0.25, -0.2) is 4.98 Å². The minimum atomic E-state index is -4.30. The number of allylic oxidation sites excluding steroid dienone is 2. The van der Waals surface area contributed by atoms with Crippen molar-refractivity contribution in [3.05, 3.63) is 28.2 Å². The summed E-state index contributed by atoms with van der Waals surface area (Å²) in [6, 6.07) is 0. The molecule has 1 aliphatic rings. The maximum absolute atomic E-state index is 12.6. The van der Waals surface area contributed by atoms with Crippen LogP contribution in [0.4, 0.5) is 13.2 Å². The Labute approximate surface area is 90.4 Å². The van der Waals surface area contributed by atoms with E-state index in [0.717, 1.165) is 11.4 Å². The van der Waals surface area contributed by atoms with Crippen molar-refractivity contribution in [3.8, 4) is 0 Å². The van der Waals surface area contributed by atoms with Gasteiger partial charge in [0.25, 0.3) is 0 Å². The van der Waals surface area contributed by atoms with Crippen LogP contribution in [0.25, 0.3) is 12.2 Å². The van der Waals surface area contributed by atoms with Crippen molar-refractivity contribution in [1.82, 2.24) is 9.55 Å². The standard InChI is InChI=1S/C11H11F3N2/c1-7-15-9-6-8(11(12,13)14)4-3-5-10(9)16(7)2/h4-6H,3H2,1-2H3. The van der Waals surface area contributed by atoms with E-state index in [1.54, 1.807) is 24.6 Å². The Kier molecular flexibility index (Phi) is 2.40. The third-order valence-electron chi connectivity index (χ3n) is 2.66. The number of aromatic nitrogens is 2. The lowest BCUT2D eigenvalue weighted by Crippen LogP contribution is -2.29. The minimum Gasteiger partial charge on any atom is -0.332 e. The number of imidazole rings is 1. The summed E-state index contributed by atoms with van der Waals surface area (Å²) in [5, 5.41) is 1.13. The fourth-order valence-electron chi connectivity index (χ4n) is 1.70. The predicted octanol–water partition coefficient (Wildman–Crippen LogP) is 1.18. The zero-order valence-corrected chi connectivity index (χ0v) is 8.97. The third-order valence-corrected chi connectivity index (χ3v) is 2.66. The Hall–Kier alpha value is -1.52. The maximum Gasteiger partial charge on any atom is 0.416 e. The van der Waals surface area contributed by atoms with E-state index in [-0.39, 0.29) is 6.42 Å². The number of alkyl halides is 3. The summed E-state index contributed by atoms with van der Waals surface area (Å²) in [5.74, 6) is 0.709. The number of fused-ring (bicyclic) bond motifs is 1. The Morgan fingerprint density at radius 2 is 2.00 bits per heavy atom. The lowest BCUT2D eigenvalue weighted by atomic mass is 10.2. The van der Waals surface area contributed by atoms with Crippen molar-refractivity contribution < 1.29 is 13.2 Å². The molecule has 0 saturated heterocycles. The molecule has 16 heavy (non-hydrogen) atoms. The molecule has 0 spiro atoms. The summed E-state index contributed by atoms with van der Waals surface area (Å²) in [6.45, 7) is 1.77. The Bertz CT molecular complexity index is 561. The summed E-state index contributed by atoms with van der Waals surface area (Å²) >= 11 is 0. The normalized spacial score (nSPS) is 15.7. The van der Waals surface area contributed by atoms with Gasteiger partial charge in [0.2, 0.25) is 0 Å². The molecule has 86 valence electrons. The van der Waals surface area contributed by atoms with Gasteiger partial charge >= 0.3 is 6.18 Å². The predicted molar refractivity (Wildman–Crippen MR) is 54.9 cm³/mol. The van der Waals surface area contributed by atoms with Crippen molar-refractivity contribution in [3.63, 3.8) is 0 Å². The molecular formula is C11H11F3N2. The van der Waals surface area contributed by atoms with Crippen molar-refractivity contribution in [2.75, 3.05) is 0 Å². The van der Waals surface area contributed by atoms with E-state index in [2.05, 4.69) is 4.98 Å². The van der Waals surface area contributed by atoms with Crippen LogP contribution in [-0.2, 0) is 7.05 Å². The van der Waals surface area contributed by atoms with Crippen LogP contribution in [0.5, 0.6) is 0 Å². The second-order valence-electron chi connectivity index (χ2n) is 3.73. The molecule has 0 saturated carbocycles. The molecule has 1 aromatic heterocycles. The van der Waals surface area contributed by atoms with Gasteiger partial charge in [0.05, 0.1) is 16.3 Å². The largest absolute Gasteiger partial charge is 0.416 e. The first-order valence-electron chi connectivity index (χ1n) is 4.88. The van der Waals surface area contributed by atoms with Crippen LogP contribution in [0.1, 0.15) is 12.2 Å². The topological polar surface area (TPSA) is 17.8 Å². The van der Waals surface area contributed by atoms with Crippen molar-refractivity contribution in [1.29, 1.82) is 0 Å². The smallest absolute Gasteiger partial charge is 0.332 e. The molecule has 1 aromatic rings. The molecule has 2 rings (SSSR count). The van der Waals surface area contributed by atoms with E-state index in [1.807, 2.05) is 0 Å². The van der Waals surface area contributed by atoms with Crippen molar-refractivity contribution >= 4 is 12.2 Å². The van der Waals surface area contributed by atoms with Gasteiger partial charge in [0.15, 0.2) is 0 Å². The number of hydrogen-bond acceptors (Lipinski definition) is 1. The summed E-state index contributed by atoms with van der Waals surface area (Å²) in [5.41, 5.74) is -0.624. The van der Waals surface area contributed by atoms with Gasteiger partial charge in [-0.05, 0) is 19.4 Å². The van der Waals surface area contributed by atoms with Gasteiger partial charge < -0.3 is 4.57 Å². The number of halogens is 3. The van der Waals surface area contributed by atoms with Crippen LogP contribution in [-0.4, -0.2) is 15.7 Å². The Morgan fingerprint density at radius 3 is 2.62 bits per heavy atom. The molecule has 0 bridgehead atoms. The molecule has 2 nitrogen and oxygen atoms in total. The maximum atomic E-state index is 12.6. The average molecular weight is 228 g/mol. The molecule has 0 fully saturated rings. The van der Waals surface area contributed by atoms with Crippen LogP contribution in [0.3, 0.4) is 0 Å². The molecule has 0 aliphatic heterocycles. The van der Waals surface area contributed by atoms with Crippen molar-refractivity contribution in [2.45, 2.75) is 19.5 Å². The summed E-state index contributed by atoms with van der Waals surface area (Å²) in [7, 11) is 1.80. The second-order valence-corrected chi connectivity index (χ2v) is 3.73. The molecular weight excluding hydrogens is 217 g/mol. The summed E-state index contributed by atoms with van der Waals surface area (Å²) in [6.07, 6.45) is 0.00557. The number of aryl methyl sites for hydroxylation is 1. The van der Waals surface area contributed by atoms with Gasteiger partial charge in [-0.1, -0.05) is 12.2 Å². The van der Waals surface area contributed by atoms with Crippen molar-refractivity contribution in [2.24, 2.45) is 7.05 Å². The van der Waals surface area contributed by atoms with Crippen LogP contribution < -0.4 is 10.7 Å². The van der Waals surface area contributed by atoms with Gasteiger partial charge in [-0.2, -0.15) is 13.2 Å². The van der Waals surface area contributed by atoms with E-state index in [1.165, 1.54) is 6.08 Å². The SMILES string of the molecule is Cc1nc2c(n1C)=CCC=C(C(F)(F)F)C=2. The van der Waals surface area contributed by atoms with Gasteiger partial charge in [-0.3, -0.25) is 0 Å². The number of rotatable bonds is 0. The molecule has 0 unspecified atom stereocenters. The second kappa shape index (κ2) is 3.50. The lowest BCUT2D eigenvalue weighted by molar-refractivity contribution is -0.0867. The highest BCUT2D eigenvalue weighted by Gasteiger charge is 2.32. The fourth-order valence-corrected chi connectivity index (χ4v) is 1.70. The highest BCUT2D eigenvalue weighted by molar-refractivity contribution is 5.51. The Morgan fingerprint density at radius 1 is 1.31 bits per heavy atom. The first kappa shape index (κ1) is 11.0. The van der Waals surface area contributed by atoms with Crippen LogP contribution in [0.2, 0.25) is 0 Å². The summed E-state index contributed by atoms with van der Waals surface area (Å²) in [4.78, 5) is 4.11. The van der Waals surface area contributed by atoms with E-state index < -0.39 is 11.7 Å². The zero-order chi connectivity index (χ0) is 11.9. The molecule has 0 amide bonds. The number of nitrogens with zero attached hydrogens (tertiary/aromatic N) is 2. The van der Waals surface area contributed by atoms with Crippen LogP contribution >= 0.6 is 0 Å².